The molecule has 0 radical (unpaired) electrons. The molecule has 104 valence electrons. The Labute approximate surface area is 112 Å². The molecule has 2 rings (SSSR count). The van der Waals surface area contributed by atoms with Crippen LogP contribution in [-0.2, 0) is 9.53 Å². The lowest BCUT2D eigenvalue weighted by atomic mass is 10.1. The van der Waals surface area contributed by atoms with E-state index in [0.29, 0.717) is 19.0 Å². The largest absolute Gasteiger partial charge is 0.477 e. The Morgan fingerprint density at radius 1 is 1.53 bits per heavy atom. The van der Waals surface area contributed by atoms with Gasteiger partial charge in [-0.05, 0) is 12.8 Å². The molecule has 6 heteroatoms. The zero-order valence-corrected chi connectivity index (χ0v) is 11.3. The van der Waals surface area contributed by atoms with Crippen LogP contribution in [0.2, 0.25) is 0 Å². The first kappa shape index (κ1) is 13.6. The van der Waals surface area contributed by atoms with Crippen LogP contribution in [0, 0.1) is 5.92 Å². The summed E-state index contributed by atoms with van der Waals surface area (Å²) in [4.78, 5) is 22.1. The van der Waals surface area contributed by atoms with Crippen molar-refractivity contribution >= 4 is 11.8 Å². The minimum absolute atomic E-state index is 0.0768. The maximum atomic E-state index is 11.5. The van der Waals surface area contributed by atoms with E-state index in [1.165, 1.54) is 7.11 Å². The Hall–Kier alpha value is -1.85. The molecule has 1 fully saturated rings. The van der Waals surface area contributed by atoms with Crippen molar-refractivity contribution in [3.63, 3.8) is 0 Å². The molecule has 1 aliphatic rings. The van der Waals surface area contributed by atoms with Gasteiger partial charge in [-0.2, -0.15) is 4.98 Å². The van der Waals surface area contributed by atoms with Crippen molar-refractivity contribution in [3.05, 3.63) is 12.4 Å². The quantitative estimate of drug-likeness (QED) is 0.747. The van der Waals surface area contributed by atoms with E-state index in [-0.39, 0.29) is 11.9 Å². The molecule has 0 aromatic carbocycles. The summed E-state index contributed by atoms with van der Waals surface area (Å²) in [5.41, 5.74) is 0. The van der Waals surface area contributed by atoms with Crippen molar-refractivity contribution in [1.82, 2.24) is 9.97 Å². The van der Waals surface area contributed by atoms with E-state index < -0.39 is 0 Å². The van der Waals surface area contributed by atoms with E-state index in [1.807, 2.05) is 11.8 Å². The smallest absolute Gasteiger partial charge is 0.310 e. The van der Waals surface area contributed by atoms with Crippen LogP contribution >= 0.6 is 0 Å². The third-order valence-electron chi connectivity index (χ3n) is 3.10. The number of anilines is 1. The van der Waals surface area contributed by atoms with Crippen LogP contribution in [0.15, 0.2) is 12.4 Å². The van der Waals surface area contributed by atoms with Gasteiger partial charge in [-0.1, -0.05) is 6.92 Å². The highest BCUT2D eigenvalue weighted by Crippen LogP contribution is 2.23. The fourth-order valence-electron chi connectivity index (χ4n) is 2.09. The lowest BCUT2D eigenvalue weighted by molar-refractivity contribution is -0.144. The number of esters is 1. The summed E-state index contributed by atoms with van der Waals surface area (Å²) in [6, 6.07) is 0. The molecule has 6 nitrogen and oxygen atoms in total. The van der Waals surface area contributed by atoms with Crippen molar-refractivity contribution in [2.75, 3.05) is 31.7 Å². The average molecular weight is 265 g/mol. The Bertz CT molecular complexity index is 439. The number of carbonyl (C=O) groups excluding carboxylic acids is 1. The molecule has 1 saturated heterocycles. The van der Waals surface area contributed by atoms with Gasteiger partial charge in [-0.3, -0.25) is 9.78 Å². The Morgan fingerprint density at radius 3 is 3.11 bits per heavy atom. The maximum Gasteiger partial charge on any atom is 0.310 e. The number of carbonyl (C=O) groups is 1. The van der Waals surface area contributed by atoms with Crippen LogP contribution in [0.5, 0.6) is 5.88 Å². The summed E-state index contributed by atoms with van der Waals surface area (Å²) in [5, 5.41) is 0. The van der Waals surface area contributed by atoms with Gasteiger partial charge in [0.15, 0.2) is 5.82 Å². The molecule has 1 aromatic heterocycles. The number of nitrogens with zero attached hydrogens (tertiary/aromatic N) is 3. The van der Waals surface area contributed by atoms with Crippen molar-refractivity contribution in [2.24, 2.45) is 5.92 Å². The third kappa shape index (κ3) is 3.33. The molecule has 0 N–H and O–H groups in total. The summed E-state index contributed by atoms with van der Waals surface area (Å²) in [6.45, 7) is 4.08. The predicted molar refractivity (Wildman–Crippen MR) is 70.2 cm³/mol. The minimum atomic E-state index is -0.158. The normalized spacial score (nSPS) is 18.4. The molecule has 1 aromatic rings. The predicted octanol–water partition coefficient (Wildman–Crippen LogP) is 1.26. The van der Waals surface area contributed by atoms with Crippen LogP contribution in [0.3, 0.4) is 0 Å². The number of hydrogen-bond acceptors (Lipinski definition) is 6. The fraction of sp³-hybridized carbons (Fsp3) is 0.615. The Balaban J connectivity index is 2.00. The van der Waals surface area contributed by atoms with E-state index >= 15 is 0 Å². The molecule has 0 aliphatic carbocycles. The topological polar surface area (TPSA) is 64.5 Å². The van der Waals surface area contributed by atoms with E-state index in [1.54, 1.807) is 12.4 Å². The maximum absolute atomic E-state index is 11.5. The first-order valence-electron chi connectivity index (χ1n) is 6.52. The summed E-state index contributed by atoms with van der Waals surface area (Å²) in [5.74, 6) is 1.04. The van der Waals surface area contributed by atoms with Gasteiger partial charge in [0, 0.05) is 13.1 Å². The highest BCUT2D eigenvalue weighted by molar-refractivity contribution is 5.74. The molecule has 19 heavy (non-hydrogen) atoms. The molecular weight excluding hydrogens is 246 g/mol. The van der Waals surface area contributed by atoms with Gasteiger partial charge in [0.2, 0.25) is 5.88 Å². The van der Waals surface area contributed by atoms with Gasteiger partial charge in [-0.25, -0.2) is 0 Å². The molecule has 1 atom stereocenters. The van der Waals surface area contributed by atoms with E-state index in [9.17, 15) is 4.79 Å². The summed E-state index contributed by atoms with van der Waals surface area (Å²) in [6.07, 6.45) is 5.01. The Morgan fingerprint density at radius 2 is 2.37 bits per heavy atom. The standard InChI is InChI=1S/C13H19N3O3/c1-3-6-19-12-8-14-7-11(15-12)16-5-4-10(9-16)13(17)18-2/h7-8,10H,3-6,9H2,1-2H3. The minimum Gasteiger partial charge on any atom is -0.477 e. The fourth-order valence-corrected chi connectivity index (χ4v) is 2.09. The van der Waals surface area contributed by atoms with E-state index in [4.69, 9.17) is 9.47 Å². The molecule has 2 heterocycles. The molecule has 0 spiro atoms. The van der Waals surface area contributed by atoms with Crippen molar-refractivity contribution in [1.29, 1.82) is 0 Å². The molecule has 1 aliphatic heterocycles. The van der Waals surface area contributed by atoms with Gasteiger partial charge in [-0.15, -0.1) is 0 Å². The van der Waals surface area contributed by atoms with Crippen molar-refractivity contribution in [2.45, 2.75) is 19.8 Å². The molecule has 0 saturated carbocycles. The summed E-state index contributed by atoms with van der Waals surface area (Å²) >= 11 is 0. The Kier molecular flexibility index (Phi) is 4.54. The second-order valence-corrected chi connectivity index (χ2v) is 4.52. The first-order chi connectivity index (χ1) is 9.24. The number of ether oxygens (including phenoxy) is 2. The van der Waals surface area contributed by atoms with E-state index in [2.05, 4.69) is 9.97 Å². The number of methoxy groups -OCH3 is 1. The van der Waals surface area contributed by atoms with Crippen LogP contribution in [0.25, 0.3) is 0 Å². The SMILES string of the molecule is CCCOc1cncc(N2CCC(C(=O)OC)C2)n1. The van der Waals surface area contributed by atoms with Crippen LogP contribution < -0.4 is 9.64 Å². The lowest BCUT2D eigenvalue weighted by Crippen LogP contribution is -2.24. The zero-order chi connectivity index (χ0) is 13.7. The third-order valence-corrected chi connectivity index (χ3v) is 3.10. The molecular formula is C13H19N3O3. The highest BCUT2D eigenvalue weighted by atomic mass is 16.5. The van der Waals surface area contributed by atoms with Crippen molar-refractivity contribution in [3.8, 4) is 5.88 Å². The van der Waals surface area contributed by atoms with Gasteiger partial charge in [0.05, 0.1) is 32.0 Å². The summed E-state index contributed by atoms with van der Waals surface area (Å²) < 4.78 is 10.2. The van der Waals surface area contributed by atoms with Crippen LogP contribution in [0.4, 0.5) is 5.82 Å². The van der Waals surface area contributed by atoms with Gasteiger partial charge in [0.25, 0.3) is 0 Å². The van der Waals surface area contributed by atoms with Crippen molar-refractivity contribution < 1.29 is 14.3 Å². The average Bonchev–Trinajstić information content (AvgIpc) is 2.94. The first-order valence-corrected chi connectivity index (χ1v) is 6.52. The monoisotopic (exact) mass is 265 g/mol. The molecule has 0 amide bonds. The van der Waals surface area contributed by atoms with Gasteiger partial charge >= 0.3 is 5.97 Å². The van der Waals surface area contributed by atoms with Gasteiger partial charge in [0.1, 0.15) is 0 Å². The number of rotatable bonds is 5. The number of hydrogen-bond donors (Lipinski definition) is 0. The van der Waals surface area contributed by atoms with Crippen LogP contribution in [0.1, 0.15) is 19.8 Å². The molecule has 1 unspecified atom stereocenters. The van der Waals surface area contributed by atoms with Crippen LogP contribution in [-0.4, -0.2) is 42.7 Å². The zero-order valence-electron chi connectivity index (χ0n) is 11.3. The van der Waals surface area contributed by atoms with E-state index in [0.717, 1.165) is 25.2 Å². The number of aromatic nitrogens is 2. The second kappa shape index (κ2) is 6.36. The van der Waals surface area contributed by atoms with Gasteiger partial charge < -0.3 is 14.4 Å². The second-order valence-electron chi connectivity index (χ2n) is 4.52. The lowest BCUT2D eigenvalue weighted by Gasteiger charge is -2.17. The summed E-state index contributed by atoms with van der Waals surface area (Å²) in [7, 11) is 1.42. The molecule has 0 bridgehead atoms. The highest BCUT2D eigenvalue weighted by Gasteiger charge is 2.29.